The number of aryl methyl sites for hydroxylation is 1. The van der Waals surface area contributed by atoms with Crippen molar-refractivity contribution in [1.82, 2.24) is 14.3 Å². The van der Waals surface area contributed by atoms with Crippen LogP contribution in [0, 0.1) is 0 Å². The van der Waals surface area contributed by atoms with Crippen LogP contribution in [0.25, 0.3) is 11.4 Å². The van der Waals surface area contributed by atoms with Crippen LogP contribution in [-0.2, 0) is 12.8 Å². The van der Waals surface area contributed by atoms with E-state index in [0.29, 0.717) is 0 Å². The molecule has 2 heterocycles. The van der Waals surface area contributed by atoms with Crippen molar-refractivity contribution in [3.8, 4) is 11.4 Å². The fourth-order valence-electron chi connectivity index (χ4n) is 1.90. The van der Waals surface area contributed by atoms with Crippen molar-refractivity contribution in [2.75, 3.05) is 11.9 Å². The molecule has 2 aromatic heterocycles. The molecule has 0 radical (unpaired) electrons. The van der Waals surface area contributed by atoms with Gasteiger partial charge in [-0.15, -0.1) is 11.3 Å². The molecule has 0 aliphatic rings. The predicted molar refractivity (Wildman–Crippen MR) is 89.0 cm³/mol. The van der Waals surface area contributed by atoms with E-state index in [4.69, 9.17) is 0 Å². The van der Waals surface area contributed by atoms with Gasteiger partial charge in [0.2, 0.25) is 5.13 Å². The highest BCUT2D eigenvalue weighted by Crippen LogP contribution is 2.21. The van der Waals surface area contributed by atoms with Crippen molar-refractivity contribution >= 4 is 28.0 Å². The lowest BCUT2D eigenvalue weighted by Gasteiger charge is -1.99. The first-order valence-corrected chi connectivity index (χ1v) is 8.50. The first-order chi connectivity index (χ1) is 10.3. The van der Waals surface area contributed by atoms with Crippen LogP contribution in [0.4, 0.5) is 5.13 Å². The second-order valence-corrected chi connectivity index (χ2v) is 6.49. The van der Waals surface area contributed by atoms with E-state index in [1.54, 1.807) is 11.3 Å². The summed E-state index contributed by atoms with van der Waals surface area (Å²) in [6.07, 6.45) is 3.95. The van der Waals surface area contributed by atoms with Gasteiger partial charge in [-0.05, 0) is 6.42 Å². The lowest BCUT2D eigenvalue weighted by Crippen LogP contribution is -2.04. The molecule has 3 rings (SSSR count). The smallest absolute Gasteiger partial charge is 0.202 e. The van der Waals surface area contributed by atoms with Crippen LogP contribution in [0.2, 0.25) is 0 Å². The molecular formula is C15H16N4S2. The summed E-state index contributed by atoms with van der Waals surface area (Å²) in [6, 6.07) is 10.0. The summed E-state index contributed by atoms with van der Waals surface area (Å²) in [4.78, 5) is 10.3. The van der Waals surface area contributed by atoms with Crippen LogP contribution in [0.5, 0.6) is 0 Å². The van der Waals surface area contributed by atoms with Gasteiger partial charge in [0.15, 0.2) is 5.82 Å². The van der Waals surface area contributed by atoms with Crippen molar-refractivity contribution in [3.63, 3.8) is 0 Å². The summed E-state index contributed by atoms with van der Waals surface area (Å²) < 4.78 is 4.38. The van der Waals surface area contributed by atoms with Gasteiger partial charge >= 0.3 is 0 Å². The van der Waals surface area contributed by atoms with Gasteiger partial charge in [-0.1, -0.05) is 37.3 Å². The molecule has 0 aliphatic carbocycles. The van der Waals surface area contributed by atoms with E-state index in [-0.39, 0.29) is 0 Å². The van der Waals surface area contributed by atoms with E-state index in [1.807, 2.05) is 36.5 Å². The number of aromatic nitrogens is 3. The van der Waals surface area contributed by atoms with Gasteiger partial charge in [-0.25, -0.2) is 4.98 Å². The Hall–Kier alpha value is -1.79. The monoisotopic (exact) mass is 316 g/mol. The SMILES string of the molecule is CCc1cnc(CCNc2nc(-c3ccccc3)ns2)s1. The summed E-state index contributed by atoms with van der Waals surface area (Å²) >= 11 is 3.19. The Balaban J connectivity index is 1.55. The Kier molecular flexibility index (Phi) is 4.57. The van der Waals surface area contributed by atoms with E-state index in [2.05, 4.69) is 26.6 Å². The predicted octanol–water partition coefficient (Wildman–Crippen LogP) is 3.88. The summed E-state index contributed by atoms with van der Waals surface area (Å²) in [5.74, 6) is 0.783. The molecule has 6 heteroatoms. The third-order valence-corrected chi connectivity index (χ3v) is 4.90. The molecule has 0 bridgehead atoms. The third kappa shape index (κ3) is 3.65. The number of anilines is 1. The summed E-state index contributed by atoms with van der Waals surface area (Å²) in [7, 11) is 0. The molecule has 0 aliphatic heterocycles. The largest absolute Gasteiger partial charge is 0.360 e. The minimum Gasteiger partial charge on any atom is -0.360 e. The van der Waals surface area contributed by atoms with E-state index >= 15 is 0 Å². The van der Waals surface area contributed by atoms with Crippen LogP contribution in [-0.4, -0.2) is 20.9 Å². The second kappa shape index (κ2) is 6.78. The summed E-state index contributed by atoms with van der Waals surface area (Å²) in [6.45, 7) is 2.99. The maximum absolute atomic E-state index is 4.51. The summed E-state index contributed by atoms with van der Waals surface area (Å²) in [5, 5.41) is 5.36. The number of hydrogen-bond donors (Lipinski definition) is 1. The molecule has 0 atom stereocenters. The first-order valence-electron chi connectivity index (χ1n) is 6.91. The first kappa shape index (κ1) is 14.2. The Morgan fingerprint density at radius 2 is 2.05 bits per heavy atom. The minimum absolute atomic E-state index is 0.783. The molecule has 3 aromatic rings. The number of thiazole rings is 1. The number of nitrogens with zero attached hydrogens (tertiary/aromatic N) is 3. The zero-order valence-corrected chi connectivity index (χ0v) is 13.4. The third-order valence-electron chi connectivity index (χ3n) is 3.02. The average molecular weight is 316 g/mol. The zero-order chi connectivity index (χ0) is 14.5. The molecular weight excluding hydrogens is 300 g/mol. The quantitative estimate of drug-likeness (QED) is 0.750. The summed E-state index contributed by atoms with van der Waals surface area (Å²) in [5.41, 5.74) is 1.05. The molecule has 108 valence electrons. The van der Waals surface area contributed by atoms with Crippen LogP contribution in [0.3, 0.4) is 0 Å². The maximum Gasteiger partial charge on any atom is 0.202 e. The highest BCUT2D eigenvalue weighted by molar-refractivity contribution is 7.11. The lowest BCUT2D eigenvalue weighted by atomic mass is 10.2. The normalized spacial score (nSPS) is 10.7. The zero-order valence-electron chi connectivity index (χ0n) is 11.7. The minimum atomic E-state index is 0.783. The fourth-order valence-corrected chi connectivity index (χ4v) is 3.38. The Labute approximate surface area is 132 Å². The number of nitrogens with one attached hydrogen (secondary N) is 1. The van der Waals surface area contributed by atoms with Gasteiger partial charge in [-0.3, -0.25) is 0 Å². The van der Waals surface area contributed by atoms with Crippen molar-refractivity contribution in [2.45, 2.75) is 19.8 Å². The van der Waals surface area contributed by atoms with Gasteiger partial charge in [-0.2, -0.15) is 9.36 Å². The number of hydrogen-bond acceptors (Lipinski definition) is 6. The van der Waals surface area contributed by atoms with E-state index < -0.39 is 0 Å². The van der Waals surface area contributed by atoms with Crippen molar-refractivity contribution in [1.29, 1.82) is 0 Å². The van der Waals surface area contributed by atoms with Gasteiger partial charge in [0.05, 0.1) is 5.01 Å². The molecule has 0 saturated carbocycles. The van der Waals surface area contributed by atoms with Gasteiger partial charge in [0, 0.05) is 41.1 Å². The molecule has 4 nitrogen and oxygen atoms in total. The maximum atomic E-state index is 4.51. The molecule has 0 saturated heterocycles. The Bertz CT molecular complexity index is 691. The molecule has 0 fully saturated rings. The molecule has 1 aromatic carbocycles. The van der Waals surface area contributed by atoms with E-state index in [0.717, 1.165) is 35.9 Å². The van der Waals surface area contributed by atoms with Crippen LogP contribution in [0.15, 0.2) is 36.5 Å². The van der Waals surface area contributed by atoms with Crippen LogP contribution >= 0.6 is 22.9 Å². The lowest BCUT2D eigenvalue weighted by molar-refractivity contribution is 0.993. The molecule has 0 unspecified atom stereocenters. The average Bonchev–Trinajstić information content (AvgIpc) is 3.17. The Morgan fingerprint density at radius 1 is 1.19 bits per heavy atom. The molecule has 0 amide bonds. The number of rotatable bonds is 6. The van der Waals surface area contributed by atoms with Crippen LogP contribution < -0.4 is 5.32 Å². The van der Waals surface area contributed by atoms with E-state index in [1.165, 1.54) is 21.4 Å². The topological polar surface area (TPSA) is 50.7 Å². The second-order valence-electron chi connectivity index (χ2n) is 4.54. The van der Waals surface area contributed by atoms with Gasteiger partial charge in [0.25, 0.3) is 0 Å². The van der Waals surface area contributed by atoms with Gasteiger partial charge in [0.1, 0.15) is 0 Å². The highest BCUT2D eigenvalue weighted by Gasteiger charge is 2.06. The Morgan fingerprint density at radius 3 is 2.81 bits per heavy atom. The van der Waals surface area contributed by atoms with Crippen LogP contribution in [0.1, 0.15) is 16.8 Å². The van der Waals surface area contributed by atoms with Crippen molar-refractivity contribution < 1.29 is 0 Å². The molecule has 1 N–H and O–H groups in total. The van der Waals surface area contributed by atoms with Crippen molar-refractivity contribution in [3.05, 3.63) is 46.4 Å². The molecule has 0 spiro atoms. The number of benzene rings is 1. The standard InChI is InChI=1S/C15H16N4S2/c1-2-12-10-17-13(20-12)8-9-16-15-18-14(19-21-15)11-6-4-3-5-7-11/h3-7,10H,2,8-9H2,1H3,(H,16,18,19). The highest BCUT2D eigenvalue weighted by atomic mass is 32.1. The van der Waals surface area contributed by atoms with Crippen molar-refractivity contribution in [2.24, 2.45) is 0 Å². The fraction of sp³-hybridized carbons (Fsp3) is 0.267. The van der Waals surface area contributed by atoms with Gasteiger partial charge < -0.3 is 5.32 Å². The molecule has 21 heavy (non-hydrogen) atoms. The van der Waals surface area contributed by atoms with E-state index in [9.17, 15) is 0 Å².